The van der Waals surface area contributed by atoms with Gasteiger partial charge < -0.3 is 25.5 Å². The van der Waals surface area contributed by atoms with Crippen LogP contribution in [0.3, 0.4) is 0 Å². The van der Waals surface area contributed by atoms with Crippen molar-refractivity contribution >= 4 is 9.24 Å². The number of nitrogens with zero attached hydrogens (tertiary/aromatic N) is 1. The van der Waals surface area contributed by atoms with Crippen LogP contribution in [0.2, 0.25) is 0 Å². The lowest BCUT2D eigenvalue weighted by Gasteiger charge is -2.41. The first-order chi connectivity index (χ1) is 7.97. The zero-order valence-electron chi connectivity index (χ0n) is 10.2. The molecule has 0 aliphatic carbocycles. The number of hydrogen-bond donors (Lipinski definition) is 5. The largest absolute Gasteiger partial charge is 0.395 e. The molecule has 17 heavy (non-hydrogen) atoms. The Morgan fingerprint density at radius 3 is 1.88 bits per heavy atom. The molecule has 0 aromatic rings. The molecule has 0 radical (unpaired) electrons. The lowest BCUT2D eigenvalue weighted by molar-refractivity contribution is -0.0676. The highest BCUT2D eigenvalue weighted by molar-refractivity contribution is 7.17. The van der Waals surface area contributed by atoms with Gasteiger partial charge >= 0.3 is 0 Å². The Labute approximate surface area is 104 Å². The number of aliphatic hydroxyl groups excluding tert-OH is 5. The lowest BCUT2D eigenvalue weighted by Crippen LogP contribution is -2.60. The standard InChI is InChI=1S/C10H24NO5P/c1-8(17)9(16)4-11(2-3-12)10(5-13,6-14)7-15/h8-9,12-16H,2-7,17H2,1H3. The van der Waals surface area contributed by atoms with Crippen LogP contribution in [0.15, 0.2) is 0 Å². The summed E-state index contributed by atoms with van der Waals surface area (Å²) in [5.74, 6) is 0. The van der Waals surface area contributed by atoms with Crippen LogP contribution >= 0.6 is 9.24 Å². The zero-order valence-corrected chi connectivity index (χ0v) is 11.3. The summed E-state index contributed by atoms with van der Waals surface area (Å²) in [7, 11) is 2.46. The Morgan fingerprint density at radius 1 is 1.12 bits per heavy atom. The second-order valence-corrected chi connectivity index (χ2v) is 5.35. The Bertz CT molecular complexity index is 193. The zero-order chi connectivity index (χ0) is 13.5. The Hall–Kier alpha value is 0.190. The van der Waals surface area contributed by atoms with Gasteiger partial charge in [0.25, 0.3) is 0 Å². The lowest BCUT2D eigenvalue weighted by atomic mass is 9.99. The molecule has 0 aromatic carbocycles. The van der Waals surface area contributed by atoms with Crippen molar-refractivity contribution in [3.8, 4) is 0 Å². The molecule has 104 valence electrons. The molecule has 0 saturated carbocycles. The molecule has 0 bridgehead atoms. The molecule has 6 nitrogen and oxygen atoms in total. The quantitative estimate of drug-likeness (QED) is 0.299. The minimum Gasteiger partial charge on any atom is -0.395 e. The van der Waals surface area contributed by atoms with Gasteiger partial charge in [0.1, 0.15) is 0 Å². The van der Waals surface area contributed by atoms with Crippen molar-refractivity contribution in [3.05, 3.63) is 0 Å². The molecular formula is C10H24NO5P. The maximum Gasteiger partial charge on any atom is 0.0908 e. The average Bonchev–Trinajstić information content (AvgIpc) is 2.32. The van der Waals surface area contributed by atoms with Crippen LogP contribution in [0.5, 0.6) is 0 Å². The summed E-state index contributed by atoms with van der Waals surface area (Å²) in [6, 6.07) is 0. The first-order valence-electron chi connectivity index (χ1n) is 5.59. The molecule has 0 fully saturated rings. The molecule has 3 unspecified atom stereocenters. The van der Waals surface area contributed by atoms with Gasteiger partial charge in [-0.05, 0) is 5.66 Å². The molecule has 0 aliphatic heterocycles. The van der Waals surface area contributed by atoms with E-state index >= 15 is 0 Å². The van der Waals surface area contributed by atoms with Crippen LogP contribution in [0, 0.1) is 0 Å². The van der Waals surface area contributed by atoms with Crippen molar-refractivity contribution in [1.29, 1.82) is 0 Å². The van der Waals surface area contributed by atoms with Crippen LogP contribution in [-0.4, -0.2) is 87.3 Å². The van der Waals surface area contributed by atoms with E-state index in [1.807, 2.05) is 6.92 Å². The van der Waals surface area contributed by atoms with E-state index in [2.05, 4.69) is 9.24 Å². The van der Waals surface area contributed by atoms with E-state index in [1.54, 1.807) is 0 Å². The monoisotopic (exact) mass is 269 g/mol. The maximum absolute atomic E-state index is 9.78. The van der Waals surface area contributed by atoms with Crippen molar-refractivity contribution in [2.75, 3.05) is 39.5 Å². The molecule has 0 spiro atoms. The number of aliphatic hydroxyl groups is 5. The third-order valence-electron chi connectivity index (χ3n) is 2.94. The maximum atomic E-state index is 9.78. The molecule has 0 saturated heterocycles. The summed E-state index contributed by atoms with van der Waals surface area (Å²) in [6.07, 6.45) is -0.685. The van der Waals surface area contributed by atoms with E-state index in [1.165, 1.54) is 4.90 Å². The van der Waals surface area contributed by atoms with Crippen LogP contribution < -0.4 is 0 Å². The number of β-amino-alcohol motifs (C(OH)–C–C–N with tert-alkyl or cyclic N) is 2. The van der Waals surface area contributed by atoms with E-state index in [0.717, 1.165) is 0 Å². The van der Waals surface area contributed by atoms with Crippen LogP contribution in [-0.2, 0) is 0 Å². The summed E-state index contributed by atoms with van der Waals surface area (Å²) < 4.78 is 0. The predicted octanol–water partition coefficient (Wildman–Crippen LogP) is -2.38. The predicted molar refractivity (Wildman–Crippen MR) is 67.8 cm³/mol. The van der Waals surface area contributed by atoms with Gasteiger partial charge in [-0.15, -0.1) is 9.24 Å². The molecule has 7 heteroatoms. The summed E-state index contributed by atoms with van der Waals surface area (Å²) in [5, 5.41) is 46.6. The Kier molecular flexibility index (Phi) is 8.41. The van der Waals surface area contributed by atoms with Gasteiger partial charge in [0, 0.05) is 13.1 Å². The molecule has 0 aromatic heterocycles. The second kappa shape index (κ2) is 8.32. The van der Waals surface area contributed by atoms with E-state index in [-0.39, 0.29) is 25.4 Å². The third-order valence-corrected chi connectivity index (χ3v) is 3.38. The minimum absolute atomic E-state index is 0.0648. The Morgan fingerprint density at radius 2 is 1.59 bits per heavy atom. The van der Waals surface area contributed by atoms with Crippen LogP contribution in [0.4, 0.5) is 0 Å². The molecular weight excluding hydrogens is 245 g/mol. The Balaban J connectivity index is 4.79. The van der Waals surface area contributed by atoms with E-state index in [0.29, 0.717) is 0 Å². The van der Waals surface area contributed by atoms with Crippen LogP contribution in [0.1, 0.15) is 6.92 Å². The third kappa shape index (κ3) is 4.75. The fourth-order valence-electron chi connectivity index (χ4n) is 1.48. The van der Waals surface area contributed by atoms with Gasteiger partial charge in [-0.1, -0.05) is 6.92 Å². The normalized spacial score (nSPS) is 16.2. The average molecular weight is 269 g/mol. The van der Waals surface area contributed by atoms with Gasteiger partial charge in [-0.3, -0.25) is 4.90 Å². The number of rotatable bonds is 9. The van der Waals surface area contributed by atoms with Crippen molar-refractivity contribution in [3.63, 3.8) is 0 Å². The first-order valence-corrected chi connectivity index (χ1v) is 6.26. The highest BCUT2D eigenvalue weighted by atomic mass is 31.0. The van der Waals surface area contributed by atoms with Crippen molar-refractivity contribution < 1.29 is 25.5 Å². The van der Waals surface area contributed by atoms with Crippen molar-refractivity contribution in [1.82, 2.24) is 4.90 Å². The number of hydrogen-bond acceptors (Lipinski definition) is 6. The van der Waals surface area contributed by atoms with Gasteiger partial charge in [0.05, 0.1) is 38.1 Å². The molecule has 0 rings (SSSR count). The topological polar surface area (TPSA) is 104 Å². The summed E-state index contributed by atoms with van der Waals surface area (Å²) >= 11 is 0. The van der Waals surface area contributed by atoms with Gasteiger partial charge in [-0.25, -0.2) is 0 Å². The summed E-state index contributed by atoms with van der Waals surface area (Å²) in [5.41, 5.74) is -1.28. The van der Waals surface area contributed by atoms with E-state index in [9.17, 15) is 20.4 Å². The molecule has 3 atom stereocenters. The SMILES string of the molecule is CC(P)C(O)CN(CCO)C(CO)(CO)CO. The summed E-state index contributed by atoms with van der Waals surface area (Å²) in [6.45, 7) is 0.613. The highest BCUT2D eigenvalue weighted by Gasteiger charge is 2.36. The van der Waals surface area contributed by atoms with Gasteiger partial charge in [0.2, 0.25) is 0 Å². The van der Waals surface area contributed by atoms with E-state index < -0.39 is 31.5 Å². The second-order valence-electron chi connectivity index (χ2n) is 4.29. The molecule has 5 N–H and O–H groups in total. The van der Waals surface area contributed by atoms with E-state index in [4.69, 9.17) is 5.11 Å². The van der Waals surface area contributed by atoms with Gasteiger partial charge in [-0.2, -0.15) is 0 Å². The molecule has 0 heterocycles. The molecule has 0 aliphatic rings. The van der Waals surface area contributed by atoms with Crippen LogP contribution in [0.25, 0.3) is 0 Å². The first kappa shape index (κ1) is 17.2. The fourth-order valence-corrected chi connectivity index (χ4v) is 1.61. The van der Waals surface area contributed by atoms with Crippen molar-refractivity contribution in [2.24, 2.45) is 0 Å². The van der Waals surface area contributed by atoms with Crippen molar-refractivity contribution in [2.45, 2.75) is 24.2 Å². The minimum atomic E-state index is -1.22. The smallest absolute Gasteiger partial charge is 0.0908 e. The summed E-state index contributed by atoms with van der Waals surface area (Å²) in [4.78, 5) is 1.51. The fraction of sp³-hybridized carbons (Fsp3) is 1.00. The highest BCUT2D eigenvalue weighted by Crippen LogP contribution is 2.17. The molecule has 0 amide bonds. The van der Waals surface area contributed by atoms with Gasteiger partial charge in [0.15, 0.2) is 0 Å².